The Morgan fingerprint density at radius 1 is 1.25 bits per heavy atom. The van der Waals surface area contributed by atoms with E-state index in [1.165, 1.54) is 0 Å². The molecule has 1 heterocycles. The van der Waals surface area contributed by atoms with Crippen molar-refractivity contribution in [2.24, 2.45) is 0 Å². The molecule has 1 aromatic rings. The maximum atomic E-state index is 10.7. The van der Waals surface area contributed by atoms with E-state index in [4.69, 9.17) is 9.47 Å². The number of aldehydes is 1. The first kappa shape index (κ1) is 7.46. The van der Waals surface area contributed by atoms with Crippen LogP contribution in [0.2, 0.25) is 0 Å². The van der Waals surface area contributed by atoms with Crippen LogP contribution in [0, 0.1) is 0 Å². The Kier molecular flexibility index (Phi) is 1.67. The summed E-state index contributed by atoms with van der Waals surface area (Å²) in [6.45, 7) is 0.188. The van der Waals surface area contributed by atoms with Crippen LogP contribution in [0.1, 0.15) is 5.56 Å². The van der Waals surface area contributed by atoms with Crippen LogP contribution < -0.4 is 0 Å². The van der Waals surface area contributed by atoms with Gasteiger partial charge in [-0.2, -0.15) is 0 Å². The normalized spacial score (nSPS) is 19.7. The molecule has 0 saturated carbocycles. The van der Waals surface area contributed by atoms with Crippen LogP contribution in [0.15, 0.2) is 30.3 Å². The fourth-order valence-electron chi connectivity index (χ4n) is 1.16. The zero-order chi connectivity index (χ0) is 8.44. The lowest BCUT2D eigenvalue weighted by Gasteiger charge is -2.36. The molecule has 0 amide bonds. The number of rotatable bonds is 2. The molecule has 2 rings (SSSR count). The van der Waals surface area contributed by atoms with E-state index >= 15 is 0 Å². The minimum atomic E-state index is -1.12. The first-order valence-corrected chi connectivity index (χ1v) is 3.67. The lowest BCUT2D eigenvalue weighted by atomic mass is 10.1. The molecule has 0 spiro atoms. The van der Waals surface area contributed by atoms with Crippen LogP contribution in [-0.4, -0.2) is 13.1 Å². The van der Waals surface area contributed by atoms with Crippen LogP contribution in [0.3, 0.4) is 0 Å². The van der Waals surface area contributed by atoms with Crippen molar-refractivity contribution in [3.63, 3.8) is 0 Å². The quantitative estimate of drug-likeness (QED) is 0.613. The van der Waals surface area contributed by atoms with Crippen molar-refractivity contribution in [2.75, 3.05) is 6.79 Å². The van der Waals surface area contributed by atoms with E-state index < -0.39 is 5.79 Å². The van der Waals surface area contributed by atoms with Gasteiger partial charge in [0.1, 0.15) is 0 Å². The molecule has 1 aliphatic rings. The molecule has 1 aromatic carbocycles. The maximum Gasteiger partial charge on any atom is 0.257 e. The van der Waals surface area contributed by atoms with Crippen molar-refractivity contribution in [1.82, 2.24) is 0 Å². The molecule has 0 unspecified atom stereocenters. The fourth-order valence-corrected chi connectivity index (χ4v) is 1.16. The summed E-state index contributed by atoms with van der Waals surface area (Å²) in [7, 11) is 0. The molecule has 0 aromatic heterocycles. The largest absolute Gasteiger partial charge is 0.313 e. The van der Waals surface area contributed by atoms with Gasteiger partial charge in [0.25, 0.3) is 5.79 Å². The smallest absolute Gasteiger partial charge is 0.257 e. The average Bonchev–Trinajstić information content (AvgIpc) is 2.05. The number of ether oxygens (including phenoxy) is 2. The summed E-state index contributed by atoms with van der Waals surface area (Å²) in [5.74, 6) is -1.12. The molecule has 0 bridgehead atoms. The minimum absolute atomic E-state index is 0.188. The number of hydrogen-bond donors (Lipinski definition) is 0. The molecule has 1 aliphatic heterocycles. The van der Waals surface area contributed by atoms with Gasteiger partial charge >= 0.3 is 0 Å². The predicted molar refractivity (Wildman–Crippen MR) is 41.2 cm³/mol. The highest BCUT2D eigenvalue weighted by Gasteiger charge is 2.41. The third-order valence-corrected chi connectivity index (χ3v) is 1.88. The average molecular weight is 164 g/mol. The van der Waals surface area contributed by atoms with Crippen LogP contribution in [0.4, 0.5) is 0 Å². The number of hydrogen-bond acceptors (Lipinski definition) is 3. The van der Waals surface area contributed by atoms with Crippen molar-refractivity contribution in [1.29, 1.82) is 0 Å². The second-order valence-electron chi connectivity index (χ2n) is 2.56. The highest BCUT2D eigenvalue weighted by atomic mass is 16.9. The summed E-state index contributed by atoms with van der Waals surface area (Å²) < 4.78 is 10.1. The Morgan fingerprint density at radius 3 is 2.33 bits per heavy atom. The molecule has 0 aliphatic carbocycles. The second kappa shape index (κ2) is 2.69. The zero-order valence-corrected chi connectivity index (χ0v) is 6.40. The standard InChI is InChI=1S/C9H8O3/c10-6-9(11-7-12-9)8-4-2-1-3-5-8/h1-6H,7H2. The van der Waals surface area contributed by atoms with Gasteiger partial charge in [-0.3, -0.25) is 4.79 Å². The van der Waals surface area contributed by atoms with E-state index in [9.17, 15) is 4.79 Å². The number of carbonyl (C=O) groups excluding carboxylic acids is 1. The molecule has 0 radical (unpaired) electrons. The molecule has 1 fully saturated rings. The molecule has 3 heteroatoms. The summed E-state index contributed by atoms with van der Waals surface area (Å²) in [5, 5.41) is 0. The molecular formula is C9H8O3. The second-order valence-corrected chi connectivity index (χ2v) is 2.56. The highest BCUT2D eigenvalue weighted by molar-refractivity contribution is 5.64. The van der Waals surface area contributed by atoms with Gasteiger partial charge in [0.15, 0.2) is 13.1 Å². The summed E-state index contributed by atoms with van der Waals surface area (Å²) in [4.78, 5) is 10.7. The van der Waals surface area contributed by atoms with Crippen molar-refractivity contribution in [3.8, 4) is 0 Å². The molecule has 3 nitrogen and oxygen atoms in total. The lowest BCUT2D eigenvalue weighted by Crippen LogP contribution is -2.45. The van der Waals surface area contributed by atoms with Crippen molar-refractivity contribution < 1.29 is 14.3 Å². The molecule has 0 N–H and O–H groups in total. The third-order valence-electron chi connectivity index (χ3n) is 1.88. The van der Waals surface area contributed by atoms with Crippen molar-refractivity contribution >= 4 is 6.29 Å². The highest BCUT2D eigenvalue weighted by Crippen LogP contribution is 2.31. The van der Waals surface area contributed by atoms with Crippen LogP contribution in [0.5, 0.6) is 0 Å². The maximum absolute atomic E-state index is 10.7. The molecule has 0 atom stereocenters. The molecule has 12 heavy (non-hydrogen) atoms. The summed E-state index contributed by atoms with van der Waals surface area (Å²) in [6, 6.07) is 9.15. The Balaban J connectivity index is 2.34. The predicted octanol–water partition coefficient (Wildman–Crippen LogP) is 1.04. The van der Waals surface area contributed by atoms with Gasteiger partial charge in [0.05, 0.1) is 0 Å². The monoisotopic (exact) mass is 164 g/mol. The van der Waals surface area contributed by atoms with Gasteiger partial charge in [-0.15, -0.1) is 0 Å². The van der Waals surface area contributed by atoms with E-state index in [1.807, 2.05) is 18.2 Å². The Labute approximate surface area is 69.9 Å². The van der Waals surface area contributed by atoms with Gasteiger partial charge < -0.3 is 9.47 Å². The minimum Gasteiger partial charge on any atom is -0.313 e. The van der Waals surface area contributed by atoms with E-state index in [1.54, 1.807) is 12.1 Å². The van der Waals surface area contributed by atoms with Gasteiger partial charge in [0.2, 0.25) is 0 Å². The zero-order valence-electron chi connectivity index (χ0n) is 6.40. The van der Waals surface area contributed by atoms with Crippen LogP contribution >= 0.6 is 0 Å². The first-order valence-electron chi connectivity index (χ1n) is 3.67. The molecular weight excluding hydrogens is 156 g/mol. The van der Waals surface area contributed by atoms with E-state index in [2.05, 4.69) is 0 Å². The Morgan fingerprint density at radius 2 is 1.92 bits per heavy atom. The summed E-state index contributed by atoms with van der Waals surface area (Å²) >= 11 is 0. The van der Waals surface area contributed by atoms with Crippen molar-refractivity contribution in [3.05, 3.63) is 35.9 Å². The number of carbonyl (C=O) groups is 1. The van der Waals surface area contributed by atoms with Crippen LogP contribution in [0.25, 0.3) is 0 Å². The topological polar surface area (TPSA) is 35.5 Å². The summed E-state index contributed by atoms with van der Waals surface area (Å²) in [6.07, 6.45) is 0.672. The van der Waals surface area contributed by atoms with E-state index in [-0.39, 0.29) is 6.79 Å². The van der Waals surface area contributed by atoms with Gasteiger partial charge in [-0.05, 0) is 0 Å². The lowest BCUT2D eigenvalue weighted by molar-refractivity contribution is -0.378. The van der Waals surface area contributed by atoms with E-state index in [0.29, 0.717) is 6.29 Å². The first-order chi connectivity index (χ1) is 5.87. The molecule has 1 saturated heterocycles. The number of benzene rings is 1. The Bertz CT molecular complexity index is 277. The van der Waals surface area contributed by atoms with E-state index in [0.717, 1.165) is 5.56 Å². The third kappa shape index (κ3) is 0.948. The van der Waals surface area contributed by atoms with Crippen LogP contribution in [-0.2, 0) is 20.1 Å². The fraction of sp³-hybridized carbons (Fsp3) is 0.222. The van der Waals surface area contributed by atoms with Gasteiger partial charge in [-0.25, -0.2) is 0 Å². The van der Waals surface area contributed by atoms with Gasteiger partial charge in [-0.1, -0.05) is 30.3 Å². The van der Waals surface area contributed by atoms with Crippen molar-refractivity contribution in [2.45, 2.75) is 5.79 Å². The van der Waals surface area contributed by atoms with Gasteiger partial charge in [0, 0.05) is 5.56 Å². The molecule has 62 valence electrons. The Hall–Kier alpha value is -1.19. The summed E-state index contributed by atoms with van der Waals surface area (Å²) in [5.41, 5.74) is 0.742. The SMILES string of the molecule is O=CC1(c2ccccc2)OCO1.